The van der Waals surface area contributed by atoms with E-state index in [4.69, 9.17) is 15.9 Å². The van der Waals surface area contributed by atoms with Crippen LogP contribution >= 0.6 is 0 Å². The monoisotopic (exact) mass is 248 g/mol. The first-order valence-corrected chi connectivity index (χ1v) is 6.40. The number of rotatable bonds is 6. The van der Waals surface area contributed by atoms with E-state index < -0.39 is 0 Å². The van der Waals surface area contributed by atoms with Crippen molar-refractivity contribution in [1.82, 2.24) is 0 Å². The van der Waals surface area contributed by atoms with Gasteiger partial charge in [0, 0.05) is 5.41 Å². The Labute approximate surface area is 110 Å². The zero-order valence-corrected chi connectivity index (χ0v) is 11.8. The molecule has 0 unspecified atom stereocenters. The molecule has 0 spiro atoms. The van der Waals surface area contributed by atoms with E-state index in [9.17, 15) is 0 Å². The smallest absolute Gasteiger partial charge is 0.119 e. The van der Waals surface area contributed by atoms with E-state index in [1.807, 2.05) is 26.0 Å². The van der Waals surface area contributed by atoms with Crippen LogP contribution in [0.2, 0.25) is 0 Å². The van der Waals surface area contributed by atoms with E-state index in [0.717, 1.165) is 12.2 Å². The minimum absolute atomic E-state index is 0.210. The molecule has 1 rings (SSSR count). The van der Waals surface area contributed by atoms with Crippen LogP contribution in [-0.4, -0.2) is 12.4 Å². The first kappa shape index (κ1) is 14.6. The van der Waals surface area contributed by atoms with Crippen LogP contribution in [0.1, 0.15) is 45.6 Å². The van der Waals surface area contributed by atoms with Crippen LogP contribution < -0.4 is 10.5 Å². The number of amidine groups is 1. The summed E-state index contributed by atoms with van der Waals surface area (Å²) >= 11 is 0. The molecular formula is C15H24N2O. The first-order chi connectivity index (χ1) is 8.33. The normalized spacial score (nSPS) is 11.6. The van der Waals surface area contributed by atoms with Gasteiger partial charge >= 0.3 is 0 Å². The predicted octanol–water partition coefficient (Wildman–Crippen LogP) is 3.54. The lowest BCUT2D eigenvalue weighted by Crippen LogP contribution is -2.32. The van der Waals surface area contributed by atoms with Crippen molar-refractivity contribution in [2.24, 2.45) is 11.1 Å². The molecule has 3 N–H and O–H groups in total. The number of hydrogen-bond donors (Lipinski definition) is 2. The largest absolute Gasteiger partial charge is 0.494 e. The molecule has 0 heterocycles. The average molecular weight is 248 g/mol. The fraction of sp³-hybridized carbons (Fsp3) is 0.533. The van der Waals surface area contributed by atoms with E-state index in [0.29, 0.717) is 12.5 Å². The molecule has 0 fully saturated rings. The third kappa shape index (κ3) is 4.06. The van der Waals surface area contributed by atoms with Crippen LogP contribution in [0.5, 0.6) is 5.75 Å². The Morgan fingerprint density at radius 2 is 2.06 bits per heavy atom. The molecule has 0 atom stereocenters. The summed E-state index contributed by atoms with van der Waals surface area (Å²) in [5.74, 6) is 1.60. The van der Waals surface area contributed by atoms with Gasteiger partial charge in [0.2, 0.25) is 0 Å². The van der Waals surface area contributed by atoms with Gasteiger partial charge in [-0.05, 0) is 30.0 Å². The zero-order valence-electron chi connectivity index (χ0n) is 11.8. The van der Waals surface area contributed by atoms with Gasteiger partial charge in [-0.25, -0.2) is 0 Å². The van der Waals surface area contributed by atoms with Crippen LogP contribution in [-0.2, 0) is 0 Å². The lowest BCUT2D eigenvalue weighted by Gasteiger charge is -2.22. The highest BCUT2D eigenvalue weighted by Crippen LogP contribution is 2.23. The lowest BCUT2D eigenvalue weighted by molar-refractivity contribution is 0.268. The van der Waals surface area contributed by atoms with Gasteiger partial charge in [-0.3, -0.25) is 5.41 Å². The van der Waals surface area contributed by atoms with Crippen LogP contribution in [0.4, 0.5) is 0 Å². The molecule has 0 bridgehead atoms. The minimum Gasteiger partial charge on any atom is -0.494 e. The number of nitrogens with two attached hydrogens (primary N) is 1. The highest BCUT2D eigenvalue weighted by Gasteiger charge is 2.21. The molecule has 0 aliphatic rings. The van der Waals surface area contributed by atoms with E-state index in [2.05, 4.69) is 26.0 Å². The Hall–Kier alpha value is -1.51. The van der Waals surface area contributed by atoms with Crippen LogP contribution in [0.25, 0.3) is 0 Å². The van der Waals surface area contributed by atoms with Gasteiger partial charge in [0.15, 0.2) is 0 Å². The fourth-order valence-corrected chi connectivity index (χ4v) is 1.52. The average Bonchev–Trinajstić information content (AvgIpc) is 2.29. The summed E-state index contributed by atoms with van der Waals surface area (Å²) < 4.78 is 5.73. The van der Waals surface area contributed by atoms with Crippen molar-refractivity contribution in [3.63, 3.8) is 0 Å². The van der Waals surface area contributed by atoms with Crippen molar-refractivity contribution in [3.05, 3.63) is 29.8 Å². The van der Waals surface area contributed by atoms with Crippen molar-refractivity contribution in [1.29, 1.82) is 5.41 Å². The van der Waals surface area contributed by atoms with Crippen LogP contribution in [0, 0.1) is 10.8 Å². The number of nitrogens with one attached hydrogen (secondary N) is 1. The quantitative estimate of drug-likeness (QED) is 0.597. The molecule has 1 aromatic carbocycles. The molecular weight excluding hydrogens is 224 g/mol. The van der Waals surface area contributed by atoms with Crippen molar-refractivity contribution in [2.75, 3.05) is 6.61 Å². The Morgan fingerprint density at radius 3 is 2.61 bits per heavy atom. The molecule has 0 aromatic heterocycles. The van der Waals surface area contributed by atoms with Crippen molar-refractivity contribution in [2.45, 2.75) is 40.0 Å². The summed E-state index contributed by atoms with van der Waals surface area (Å²) in [5.41, 5.74) is 6.52. The third-order valence-electron chi connectivity index (χ3n) is 3.25. The predicted molar refractivity (Wildman–Crippen MR) is 76.3 cm³/mol. The lowest BCUT2D eigenvalue weighted by atomic mass is 9.88. The second-order valence-electron chi connectivity index (χ2n) is 5.62. The van der Waals surface area contributed by atoms with Crippen molar-refractivity contribution >= 4 is 5.84 Å². The Balaban J connectivity index is 2.54. The van der Waals surface area contributed by atoms with Gasteiger partial charge in [-0.2, -0.15) is 0 Å². The highest BCUT2D eigenvalue weighted by atomic mass is 16.5. The molecule has 100 valence electrons. The molecule has 0 saturated heterocycles. The molecule has 0 aliphatic heterocycles. The van der Waals surface area contributed by atoms with Crippen LogP contribution in [0.15, 0.2) is 24.3 Å². The summed E-state index contributed by atoms with van der Waals surface area (Å²) in [7, 11) is 0. The number of hydrogen-bond acceptors (Lipinski definition) is 2. The van der Waals surface area contributed by atoms with Gasteiger partial charge in [0.05, 0.1) is 12.4 Å². The topological polar surface area (TPSA) is 59.1 Å². The first-order valence-electron chi connectivity index (χ1n) is 6.40. The summed E-state index contributed by atoms with van der Waals surface area (Å²) in [6.07, 6.45) is 0.744. The fourth-order valence-electron chi connectivity index (χ4n) is 1.52. The van der Waals surface area contributed by atoms with Gasteiger partial charge in [0.1, 0.15) is 5.75 Å². The summed E-state index contributed by atoms with van der Waals surface area (Å²) in [6, 6.07) is 8.16. The molecule has 1 aromatic rings. The number of benzene rings is 1. The molecule has 0 amide bonds. The maximum atomic E-state index is 7.49. The molecule has 0 aliphatic carbocycles. The summed E-state index contributed by atoms with van der Waals surface area (Å²) in [5, 5.41) is 7.49. The third-order valence-corrected chi connectivity index (χ3v) is 3.25. The molecule has 3 nitrogen and oxygen atoms in total. The number of ether oxygens (including phenoxy) is 1. The summed E-state index contributed by atoms with van der Waals surface area (Å²) in [6.45, 7) is 8.83. The highest BCUT2D eigenvalue weighted by molar-refractivity contribution is 5.82. The maximum Gasteiger partial charge on any atom is 0.119 e. The second kappa shape index (κ2) is 5.89. The minimum atomic E-state index is -0.296. The Kier molecular flexibility index (Phi) is 4.76. The van der Waals surface area contributed by atoms with E-state index >= 15 is 0 Å². The van der Waals surface area contributed by atoms with E-state index in [-0.39, 0.29) is 11.3 Å². The molecule has 0 radical (unpaired) electrons. The van der Waals surface area contributed by atoms with Crippen LogP contribution in [0.3, 0.4) is 0 Å². The van der Waals surface area contributed by atoms with Gasteiger partial charge < -0.3 is 10.5 Å². The second-order valence-corrected chi connectivity index (χ2v) is 5.62. The summed E-state index contributed by atoms with van der Waals surface area (Å²) in [4.78, 5) is 0. The molecule has 3 heteroatoms. The maximum absolute atomic E-state index is 7.49. The standard InChI is InChI=1S/C15H24N2O/c1-11(2)12-6-5-7-13(10-12)18-9-8-15(3,4)14(16)17/h5-7,10-11H,8-9H2,1-4H3,(H3,16,17). The molecule has 18 heavy (non-hydrogen) atoms. The van der Waals surface area contributed by atoms with Gasteiger partial charge in [-0.1, -0.05) is 39.8 Å². The SMILES string of the molecule is CC(C)c1cccc(OCCC(C)(C)C(=N)N)c1. The molecule has 0 saturated carbocycles. The Morgan fingerprint density at radius 1 is 1.39 bits per heavy atom. The van der Waals surface area contributed by atoms with E-state index in [1.165, 1.54) is 5.56 Å². The van der Waals surface area contributed by atoms with Crippen molar-refractivity contribution < 1.29 is 4.74 Å². The van der Waals surface area contributed by atoms with Gasteiger partial charge in [0.25, 0.3) is 0 Å². The Bertz CT molecular complexity index is 411. The van der Waals surface area contributed by atoms with Gasteiger partial charge in [-0.15, -0.1) is 0 Å². The van der Waals surface area contributed by atoms with E-state index in [1.54, 1.807) is 0 Å². The zero-order chi connectivity index (χ0) is 13.8. The van der Waals surface area contributed by atoms with Crippen molar-refractivity contribution in [3.8, 4) is 5.75 Å².